The van der Waals surface area contributed by atoms with Crippen LogP contribution in [0.5, 0.6) is 0 Å². The summed E-state index contributed by atoms with van der Waals surface area (Å²) in [7, 11) is 0. The average Bonchev–Trinajstić information content (AvgIpc) is 2.29. The van der Waals surface area contributed by atoms with Crippen LogP contribution in [0.3, 0.4) is 0 Å². The largest absolute Gasteiger partial charge is 0.463 e. The van der Waals surface area contributed by atoms with Crippen LogP contribution in [0.15, 0.2) is 22.7 Å². The predicted molar refractivity (Wildman–Crippen MR) is 65.5 cm³/mol. The molecular weight excluding hydrogens is 290 g/mol. The Labute approximate surface area is 107 Å². The first-order valence-electron chi connectivity index (χ1n) is 4.92. The lowest BCUT2D eigenvalue weighted by atomic mass is 10.2. The third-order valence-corrected chi connectivity index (χ3v) is 2.53. The highest BCUT2D eigenvalue weighted by molar-refractivity contribution is 9.10. The maximum absolute atomic E-state index is 11.6. The van der Waals surface area contributed by atoms with E-state index in [1.165, 1.54) is 6.07 Å². The van der Waals surface area contributed by atoms with E-state index in [2.05, 4.69) is 20.7 Å². The number of hydrogen-bond acceptors (Lipinski definition) is 5. The van der Waals surface area contributed by atoms with E-state index in [0.29, 0.717) is 10.2 Å². The highest BCUT2D eigenvalue weighted by Gasteiger charge is 2.14. The number of nitrogens with two attached hydrogens (primary N) is 1. The van der Waals surface area contributed by atoms with Crippen molar-refractivity contribution in [2.24, 2.45) is 0 Å². The Morgan fingerprint density at radius 3 is 2.71 bits per heavy atom. The molecule has 92 valence electrons. The summed E-state index contributed by atoms with van der Waals surface area (Å²) >= 11 is 3.20. The van der Waals surface area contributed by atoms with Crippen LogP contribution in [-0.4, -0.2) is 25.2 Å². The molecule has 0 atom stereocenters. The fraction of sp³-hybridized carbons (Fsp3) is 0.273. The van der Waals surface area contributed by atoms with E-state index in [1.54, 1.807) is 19.1 Å². The van der Waals surface area contributed by atoms with E-state index < -0.39 is 18.5 Å². The number of anilines is 1. The van der Waals surface area contributed by atoms with Gasteiger partial charge in [0, 0.05) is 10.2 Å². The lowest BCUT2D eigenvalue weighted by Gasteiger charge is -2.06. The van der Waals surface area contributed by atoms with Gasteiger partial charge in [0.15, 0.2) is 6.61 Å². The SMILES string of the molecule is CCOC(=O)COC(=O)c1cc(N)ccc1Br. The van der Waals surface area contributed by atoms with E-state index in [0.717, 1.165) is 0 Å². The fourth-order valence-corrected chi connectivity index (χ4v) is 1.51. The van der Waals surface area contributed by atoms with Crippen LogP contribution >= 0.6 is 15.9 Å². The van der Waals surface area contributed by atoms with Crippen molar-refractivity contribution in [1.29, 1.82) is 0 Å². The molecule has 6 heteroatoms. The van der Waals surface area contributed by atoms with E-state index in [9.17, 15) is 9.59 Å². The summed E-state index contributed by atoms with van der Waals surface area (Å²) in [4.78, 5) is 22.6. The number of carbonyl (C=O) groups is 2. The number of carbonyl (C=O) groups excluding carboxylic acids is 2. The van der Waals surface area contributed by atoms with Crippen LogP contribution in [0, 0.1) is 0 Å². The van der Waals surface area contributed by atoms with Crippen LogP contribution in [0.1, 0.15) is 17.3 Å². The molecule has 0 bridgehead atoms. The van der Waals surface area contributed by atoms with Gasteiger partial charge in [0.1, 0.15) is 0 Å². The number of ether oxygens (including phenoxy) is 2. The molecule has 0 aliphatic rings. The minimum atomic E-state index is -0.628. The number of nitrogen functional groups attached to an aromatic ring is 1. The Balaban J connectivity index is 2.64. The maximum Gasteiger partial charge on any atom is 0.344 e. The second kappa shape index (κ2) is 6.24. The van der Waals surface area contributed by atoms with Gasteiger partial charge in [-0.2, -0.15) is 0 Å². The molecular formula is C11H12BrNO4. The van der Waals surface area contributed by atoms with Crippen molar-refractivity contribution < 1.29 is 19.1 Å². The summed E-state index contributed by atoms with van der Waals surface area (Å²) in [6, 6.07) is 4.75. The first kappa shape index (κ1) is 13.5. The van der Waals surface area contributed by atoms with E-state index >= 15 is 0 Å². The third-order valence-electron chi connectivity index (χ3n) is 1.84. The van der Waals surface area contributed by atoms with Crippen LogP contribution in [0.2, 0.25) is 0 Å². The molecule has 1 aromatic rings. The lowest BCUT2D eigenvalue weighted by molar-refractivity contribution is -0.146. The van der Waals surface area contributed by atoms with Crippen molar-refractivity contribution in [2.45, 2.75) is 6.92 Å². The molecule has 0 fully saturated rings. The summed E-state index contributed by atoms with van der Waals surface area (Å²) in [5, 5.41) is 0. The van der Waals surface area contributed by atoms with Crippen LogP contribution in [0.25, 0.3) is 0 Å². The van der Waals surface area contributed by atoms with Crippen molar-refractivity contribution in [2.75, 3.05) is 18.9 Å². The number of halogens is 1. The summed E-state index contributed by atoms with van der Waals surface area (Å²) in [6.07, 6.45) is 0. The monoisotopic (exact) mass is 301 g/mol. The molecule has 1 rings (SSSR count). The molecule has 0 amide bonds. The summed E-state index contributed by atoms with van der Waals surface area (Å²) in [6.45, 7) is 1.51. The Kier molecular flexibility index (Phi) is 4.96. The molecule has 0 heterocycles. The average molecular weight is 302 g/mol. The van der Waals surface area contributed by atoms with Crippen molar-refractivity contribution >= 4 is 33.6 Å². The Bertz CT molecular complexity index is 433. The predicted octanol–water partition coefficient (Wildman–Crippen LogP) is 1.75. The summed E-state index contributed by atoms with van der Waals surface area (Å²) < 4.78 is 9.96. The second-order valence-corrected chi connectivity index (χ2v) is 3.97. The number of hydrogen-bond donors (Lipinski definition) is 1. The van der Waals surface area contributed by atoms with Gasteiger partial charge in [-0.1, -0.05) is 0 Å². The fourth-order valence-electron chi connectivity index (χ4n) is 1.10. The molecule has 0 saturated carbocycles. The molecule has 0 aliphatic carbocycles. The van der Waals surface area contributed by atoms with Crippen molar-refractivity contribution in [1.82, 2.24) is 0 Å². The van der Waals surface area contributed by atoms with E-state index in [-0.39, 0.29) is 12.2 Å². The zero-order valence-electron chi connectivity index (χ0n) is 9.23. The van der Waals surface area contributed by atoms with Gasteiger partial charge in [-0.15, -0.1) is 0 Å². The number of esters is 2. The van der Waals surface area contributed by atoms with Crippen LogP contribution in [-0.2, 0) is 14.3 Å². The van der Waals surface area contributed by atoms with E-state index in [4.69, 9.17) is 10.5 Å². The van der Waals surface area contributed by atoms with Gasteiger partial charge >= 0.3 is 11.9 Å². The quantitative estimate of drug-likeness (QED) is 0.677. The van der Waals surface area contributed by atoms with Crippen molar-refractivity contribution in [3.05, 3.63) is 28.2 Å². The molecule has 0 saturated heterocycles. The zero-order valence-corrected chi connectivity index (χ0v) is 10.8. The number of benzene rings is 1. The minimum Gasteiger partial charge on any atom is -0.463 e. The number of rotatable bonds is 4. The molecule has 0 spiro atoms. The Morgan fingerprint density at radius 2 is 2.06 bits per heavy atom. The van der Waals surface area contributed by atoms with E-state index in [1.807, 2.05) is 0 Å². The van der Waals surface area contributed by atoms with Crippen molar-refractivity contribution in [3.8, 4) is 0 Å². The molecule has 0 aliphatic heterocycles. The third kappa shape index (κ3) is 4.07. The molecule has 2 N–H and O–H groups in total. The van der Waals surface area contributed by atoms with Gasteiger partial charge in [0.25, 0.3) is 0 Å². The molecule has 17 heavy (non-hydrogen) atoms. The molecule has 0 radical (unpaired) electrons. The van der Waals surface area contributed by atoms with Gasteiger partial charge in [0.2, 0.25) is 0 Å². The topological polar surface area (TPSA) is 78.6 Å². The van der Waals surface area contributed by atoms with Crippen molar-refractivity contribution in [3.63, 3.8) is 0 Å². The minimum absolute atomic E-state index is 0.248. The molecule has 0 unspecified atom stereocenters. The van der Waals surface area contributed by atoms with Gasteiger partial charge in [-0.25, -0.2) is 9.59 Å². The molecule has 5 nitrogen and oxygen atoms in total. The van der Waals surface area contributed by atoms with Gasteiger partial charge in [-0.05, 0) is 41.1 Å². The Morgan fingerprint density at radius 1 is 1.35 bits per heavy atom. The van der Waals surface area contributed by atoms with Gasteiger partial charge in [0.05, 0.1) is 12.2 Å². The normalized spacial score (nSPS) is 9.76. The van der Waals surface area contributed by atoms with Gasteiger partial charge < -0.3 is 15.2 Å². The first-order chi connectivity index (χ1) is 8.04. The Hall–Kier alpha value is -1.56. The molecule has 1 aromatic carbocycles. The zero-order chi connectivity index (χ0) is 12.8. The van der Waals surface area contributed by atoms with Gasteiger partial charge in [-0.3, -0.25) is 0 Å². The second-order valence-electron chi connectivity index (χ2n) is 3.12. The standard InChI is InChI=1S/C11H12BrNO4/c1-2-16-10(14)6-17-11(15)8-5-7(13)3-4-9(8)12/h3-5H,2,6,13H2,1H3. The first-order valence-corrected chi connectivity index (χ1v) is 5.71. The highest BCUT2D eigenvalue weighted by Crippen LogP contribution is 2.20. The summed E-state index contributed by atoms with van der Waals surface area (Å²) in [5.74, 6) is -1.21. The van der Waals surface area contributed by atoms with Crippen LogP contribution in [0.4, 0.5) is 5.69 Å². The van der Waals surface area contributed by atoms with Crippen LogP contribution < -0.4 is 5.73 Å². The maximum atomic E-state index is 11.6. The highest BCUT2D eigenvalue weighted by atomic mass is 79.9. The summed E-state index contributed by atoms with van der Waals surface area (Å²) in [5.41, 5.74) is 6.26. The smallest absolute Gasteiger partial charge is 0.344 e. The molecule has 0 aromatic heterocycles. The lowest BCUT2D eigenvalue weighted by Crippen LogP contribution is -2.16.